The summed E-state index contributed by atoms with van der Waals surface area (Å²) in [6.45, 7) is 3.16. The summed E-state index contributed by atoms with van der Waals surface area (Å²) in [5.74, 6) is -0.986. The van der Waals surface area contributed by atoms with Gasteiger partial charge >= 0.3 is 5.97 Å². The molecular weight excluding hydrogens is 630 g/mol. The third-order valence-corrected chi connectivity index (χ3v) is 8.09. The Labute approximate surface area is 262 Å². The molecule has 1 fully saturated rings. The summed E-state index contributed by atoms with van der Waals surface area (Å²) in [6.07, 6.45) is 11.4. The van der Waals surface area contributed by atoms with Crippen LogP contribution in [-0.2, 0) is 16.6 Å². The second kappa shape index (κ2) is 12.5. The highest BCUT2D eigenvalue weighted by Gasteiger charge is 2.32. The number of nitrogens with one attached hydrogen (secondary N) is 2. The second-order valence-corrected chi connectivity index (χ2v) is 12.0. The number of hydrogen-bond donors (Lipinski definition) is 3. The van der Waals surface area contributed by atoms with Gasteiger partial charge in [0, 0.05) is 42.0 Å². The fraction of sp³-hybridized carbons (Fsp3) is 0.323. The quantitative estimate of drug-likeness (QED) is 0.207. The van der Waals surface area contributed by atoms with Gasteiger partial charge in [0.1, 0.15) is 11.2 Å². The number of carbonyl (C=O) groups excluding carboxylic acids is 2. The maximum absolute atomic E-state index is 13.5. The Kier molecular flexibility index (Phi) is 8.77. The first-order chi connectivity index (χ1) is 21.0. The van der Waals surface area contributed by atoms with E-state index in [1.165, 1.54) is 37.8 Å². The van der Waals surface area contributed by atoms with Crippen molar-refractivity contribution in [3.8, 4) is 17.4 Å². The molecule has 1 saturated carbocycles. The van der Waals surface area contributed by atoms with E-state index in [-0.39, 0.29) is 17.4 Å². The van der Waals surface area contributed by atoms with Crippen LogP contribution in [0.4, 0.5) is 5.82 Å². The summed E-state index contributed by atoms with van der Waals surface area (Å²) in [5.41, 5.74) is 2.27. The average Bonchev–Trinajstić information content (AvgIpc) is 3.62. The fourth-order valence-corrected chi connectivity index (χ4v) is 5.69. The number of anilines is 1. The number of aryl methyl sites for hydroxylation is 1. The molecule has 0 bridgehead atoms. The van der Waals surface area contributed by atoms with E-state index in [9.17, 15) is 14.4 Å². The number of fused-ring (bicyclic) bond motifs is 1. The Morgan fingerprint density at radius 1 is 1.11 bits per heavy atom. The molecule has 12 nitrogen and oxygen atoms in total. The molecule has 0 radical (unpaired) electrons. The number of methoxy groups -OCH3 is 1. The van der Waals surface area contributed by atoms with Crippen LogP contribution >= 0.6 is 15.9 Å². The van der Waals surface area contributed by atoms with Gasteiger partial charge in [-0.15, -0.1) is 0 Å². The number of ether oxygens (including phenoxy) is 1. The number of aromatic nitrogens is 5. The maximum Gasteiger partial charge on any atom is 0.328 e. The van der Waals surface area contributed by atoms with Crippen molar-refractivity contribution < 1.29 is 24.2 Å². The van der Waals surface area contributed by atoms with Gasteiger partial charge in [-0.25, -0.2) is 19.7 Å². The Morgan fingerprint density at radius 3 is 2.48 bits per heavy atom. The van der Waals surface area contributed by atoms with Crippen molar-refractivity contribution in [3.63, 3.8) is 0 Å². The summed E-state index contributed by atoms with van der Waals surface area (Å²) in [4.78, 5) is 55.0. The topological polar surface area (TPSA) is 161 Å². The van der Waals surface area contributed by atoms with Crippen LogP contribution in [0.5, 0.6) is 5.88 Å². The molecule has 5 rings (SSSR count). The van der Waals surface area contributed by atoms with Gasteiger partial charge in [-0.1, -0.05) is 18.9 Å². The molecule has 1 aliphatic carbocycles. The van der Waals surface area contributed by atoms with Crippen molar-refractivity contribution in [2.75, 3.05) is 12.4 Å². The molecule has 0 saturated heterocycles. The molecule has 4 aromatic rings. The van der Waals surface area contributed by atoms with Crippen LogP contribution < -0.4 is 15.4 Å². The van der Waals surface area contributed by atoms with Crippen LogP contribution in [0.15, 0.2) is 47.3 Å². The number of carbonyl (C=O) groups is 3. The normalized spacial score (nSPS) is 13.8. The third-order valence-electron chi connectivity index (χ3n) is 7.68. The summed E-state index contributed by atoms with van der Waals surface area (Å²) in [6, 6.07) is 5.57. The standard InChI is InChI=1S/C31H32BrN7O5/c1-31(2,30(43)37-23-16-33-21(11-12-24(40)41)29(36-23)44-4)38-28(42)18-9-10-20-22(13-18)39(3)26(25(20)17-7-5-6-8-17)27-34-14-19(32)15-35-27/h9-17H,5-8H2,1-4H3,(H,38,42)(H,40,41)(H,36,37,43)/b12-11+. The van der Waals surface area contributed by atoms with E-state index < -0.39 is 23.3 Å². The van der Waals surface area contributed by atoms with E-state index in [0.717, 1.165) is 40.0 Å². The van der Waals surface area contributed by atoms with Crippen molar-refractivity contribution >= 4 is 56.5 Å². The molecule has 2 amide bonds. The zero-order valence-corrected chi connectivity index (χ0v) is 26.3. The van der Waals surface area contributed by atoms with E-state index >= 15 is 0 Å². The first kappa shape index (κ1) is 30.8. The summed E-state index contributed by atoms with van der Waals surface area (Å²) >= 11 is 3.42. The molecule has 1 aromatic carbocycles. The second-order valence-electron chi connectivity index (χ2n) is 11.1. The first-order valence-electron chi connectivity index (χ1n) is 14.0. The number of amides is 2. The summed E-state index contributed by atoms with van der Waals surface area (Å²) < 4.78 is 8.02. The maximum atomic E-state index is 13.5. The van der Waals surface area contributed by atoms with Crippen molar-refractivity contribution in [1.82, 2.24) is 29.8 Å². The Bertz CT molecular complexity index is 1780. The van der Waals surface area contributed by atoms with E-state index in [0.29, 0.717) is 17.3 Å². The van der Waals surface area contributed by atoms with Gasteiger partial charge in [-0.3, -0.25) is 9.59 Å². The molecular formula is C31H32BrN7O5. The number of halogens is 1. The number of carboxylic acid groups (broad SMARTS) is 1. The van der Waals surface area contributed by atoms with E-state index in [4.69, 9.17) is 9.84 Å². The van der Waals surface area contributed by atoms with Gasteiger partial charge in [0.15, 0.2) is 11.6 Å². The lowest BCUT2D eigenvalue weighted by molar-refractivity contribution is -0.131. The lowest BCUT2D eigenvalue weighted by atomic mass is 9.93. The zero-order chi connectivity index (χ0) is 31.6. The number of benzene rings is 1. The van der Waals surface area contributed by atoms with Crippen LogP contribution in [0.1, 0.15) is 67.1 Å². The molecule has 1 aliphatic rings. The minimum atomic E-state index is -1.33. The molecule has 0 spiro atoms. The molecule has 3 heterocycles. The molecule has 228 valence electrons. The number of carboxylic acids is 1. The van der Waals surface area contributed by atoms with E-state index in [1.807, 2.05) is 23.7 Å². The average molecular weight is 663 g/mol. The number of aliphatic carboxylic acids is 1. The first-order valence-corrected chi connectivity index (χ1v) is 14.8. The van der Waals surface area contributed by atoms with Crippen LogP contribution in [-0.4, -0.2) is 60.0 Å². The van der Waals surface area contributed by atoms with Crippen molar-refractivity contribution in [2.45, 2.75) is 51.0 Å². The van der Waals surface area contributed by atoms with Gasteiger partial charge in [-0.2, -0.15) is 4.98 Å². The predicted molar refractivity (Wildman–Crippen MR) is 168 cm³/mol. The monoisotopic (exact) mass is 661 g/mol. The van der Waals surface area contributed by atoms with Crippen molar-refractivity contribution in [2.24, 2.45) is 7.05 Å². The van der Waals surface area contributed by atoms with Crippen molar-refractivity contribution in [3.05, 3.63) is 64.2 Å². The van der Waals surface area contributed by atoms with Crippen molar-refractivity contribution in [1.29, 1.82) is 0 Å². The van der Waals surface area contributed by atoms with Crippen LogP contribution in [0.2, 0.25) is 0 Å². The van der Waals surface area contributed by atoms with Gasteiger partial charge in [0.2, 0.25) is 5.88 Å². The lowest BCUT2D eigenvalue weighted by Gasteiger charge is -2.25. The number of hydrogen-bond acceptors (Lipinski definition) is 8. The van der Waals surface area contributed by atoms with E-state index in [2.05, 4.69) is 46.5 Å². The largest absolute Gasteiger partial charge is 0.479 e. The Morgan fingerprint density at radius 2 is 1.82 bits per heavy atom. The smallest absolute Gasteiger partial charge is 0.328 e. The Hall–Kier alpha value is -4.65. The minimum absolute atomic E-state index is 0.0305. The van der Waals surface area contributed by atoms with Gasteiger partial charge < -0.3 is 25.0 Å². The molecule has 3 N–H and O–H groups in total. The fourth-order valence-electron chi connectivity index (χ4n) is 5.48. The van der Waals surface area contributed by atoms with Crippen LogP contribution in [0.3, 0.4) is 0 Å². The van der Waals surface area contributed by atoms with Gasteiger partial charge in [-0.05, 0) is 72.3 Å². The number of rotatable bonds is 9. The minimum Gasteiger partial charge on any atom is -0.479 e. The third kappa shape index (κ3) is 6.32. The molecule has 44 heavy (non-hydrogen) atoms. The molecule has 0 atom stereocenters. The van der Waals surface area contributed by atoms with Gasteiger partial charge in [0.05, 0.1) is 23.5 Å². The van der Waals surface area contributed by atoms with Crippen LogP contribution in [0, 0.1) is 0 Å². The summed E-state index contributed by atoms with van der Waals surface area (Å²) in [7, 11) is 3.31. The molecule has 3 aromatic heterocycles. The predicted octanol–water partition coefficient (Wildman–Crippen LogP) is 5.10. The molecule has 13 heteroatoms. The molecule has 0 aliphatic heterocycles. The zero-order valence-electron chi connectivity index (χ0n) is 24.7. The van der Waals surface area contributed by atoms with Gasteiger partial charge in [0.25, 0.3) is 11.8 Å². The highest BCUT2D eigenvalue weighted by molar-refractivity contribution is 9.10. The SMILES string of the molecule is COc1nc(NC(=O)C(C)(C)NC(=O)c2ccc3c(C4CCCC4)c(-c4ncc(Br)cn4)n(C)c3c2)cnc1/C=C/C(=O)O. The van der Waals surface area contributed by atoms with E-state index in [1.54, 1.807) is 32.3 Å². The lowest BCUT2D eigenvalue weighted by Crippen LogP contribution is -2.52. The number of nitrogens with zero attached hydrogens (tertiary/aromatic N) is 5. The highest BCUT2D eigenvalue weighted by Crippen LogP contribution is 2.44. The highest BCUT2D eigenvalue weighted by atomic mass is 79.9. The van der Waals surface area contributed by atoms with Crippen LogP contribution in [0.25, 0.3) is 28.5 Å². The Balaban J connectivity index is 1.39. The molecule has 0 unspecified atom stereocenters. The summed E-state index contributed by atoms with van der Waals surface area (Å²) in [5, 5.41) is 15.4.